The molecule has 4 nitrogen and oxygen atoms in total. The van der Waals surface area contributed by atoms with Gasteiger partial charge in [-0.25, -0.2) is 4.79 Å². The predicted molar refractivity (Wildman–Crippen MR) is 96.7 cm³/mol. The molecule has 0 radical (unpaired) electrons. The molecule has 0 spiro atoms. The molecule has 0 aliphatic heterocycles. The number of hydrogen-bond donors (Lipinski definition) is 2. The van der Waals surface area contributed by atoms with Crippen molar-refractivity contribution in [3.8, 4) is 0 Å². The molecule has 2 amide bonds. The van der Waals surface area contributed by atoms with Crippen LogP contribution in [0.1, 0.15) is 43.0 Å². The highest BCUT2D eigenvalue weighted by Crippen LogP contribution is 2.21. The summed E-state index contributed by atoms with van der Waals surface area (Å²) < 4.78 is 0. The molecule has 2 N–H and O–H groups in total. The van der Waals surface area contributed by atoms with E-state index in [1.54, 1.807) is 11.9 Å². The summed E-state index contributed by atoms with van der Waals surface area (Å²) in [7, 11) is 1.81. The van der Waals surface area contributed by atoms with Crippen LogP contribution in [0.2, 0.25) is 0 Å². The van der Waals surface area contributed by atoms with Crippen molar-refractivity contribution in [1.82, 2.24) is 10.2 Å². The molecule has 0 bridgehead atoms. The molecule has 2 rings (SSSR count). The minimum atomic E-state index is -0.113. The minimum Gasteiger partial charge on any atom is -0.396 e. The molecular formula is C20H26N2O2. The second-order valence-corrected chi connectivity index (χ2v) is 5.98. The summed E-state index contributed by atoms with van der Waals surface area (Å²) in [6, 6.07) is 19.6. The van der Waals surface area contributed by atoms with Crippen molar-refractivity contribution in [3.05, 3.63) is 71.8 Å². The Kier molecular flexibility index (Phi) is 6.82. The fourth-order valence-electron chi connectivity index (χ4n) is 2.68. The molecule has 0 saturated carbocycles. The quantitative estimate of drug-likeness (QED) is 0.811. The average Bonchev–Trinajstić information content (AvgIpc) is 2.65. The lowest BCUT2D eigenvalue weighted by molar-refractivity contribution is 0.188. The van der Waals surface area contributed by atoms with Gasteiger partial charge < -0.3 is 15.3 Å². The molecular weight excluding hydrogens is 300 g/mol. The van der Waals surface area contributed by atoms with Crippen LogP contribution in [0.3, 0.4) is 0 Å². The van der Waals surface area contributed by atoms with Gasteiger partial charge in [0.05, 0.1) is 12.1 Å². The molecule has 2 atom stereocenters. The first-order chi connectivity index (χ1) is 11.6. The summed E-state index contributed by atoms with van der Waals surface area (Å²) in [6.07, 6.45) is 1.36. The monoisotopic (exact) mass is 326 g/mol. The largest absolute Gasteiger partial charge is 0.396 e. The SMILES string of the molecule is CC(c1ccccc1)N(C)C(=O)NC(CCCO)c1ccccc1. The standard InChI is InChI=1S/C20H26N2O2/c1-16(17-10-5-3-6-11-17)22(2)20(24)21-19(14-9-15-23)18-12-7-4-8-13-18/h3-8,10-13,16,19,23H,9,14-15H2,1-2H3,(H,21,24). The van der Waals surface area contributed by atoms with E-state index in [-0.39, 0.29) is 24.7 Å². The fraction of sp³-hybridized carbons (Fsp3) is 0.350. The Hall–Kier alpha value is -2.33. The van der Waals surface area contributed by atoms with Crippen LogP contribution in [-0.4, -0.2) is 29.7 Å². The van der Waals surface area contributed by atoms with E-state index in [9.17, 15) is 4.79 Å². The number of nitrogens with zero attached hydrogens (tertiary/aromatic N) is 1. The van der Waals surface area contributed by atoms with Crippen molar-refractivity contribution in [1.29, 1.82) is 0 Å². The lowest BCUT2D eigenvalue weighted by Crippen LogP contribution is -2.40. The third-order valence-electron chi connectivity index (χ3n) is 4.33. The van der Waals surface area contributed by atoms with Gasteiger partial charge in [-0.3, -0.25) is 0 Å². The highest BCUT2D eigenvalue weighted by Gasteiger charge is 2.21. The number of aliphatic hydroxyl groups is 1. The zero-order valence-corrected chi connectivity index (χ0v) is 14.4. The summed E-state index contributed by atoms with van der Waals surface area (Å²) in [6.45, 7) is 2.13. The number of hydrogen-bond acceptors (Lipinski definition) is 2. The summed E-state index contributed by atoms with van der Waals surface area (Å²) in [5, 5.41) is 12.2. The van der Waals surface area contributed by atoms with E-state index in [0.29, 0.717) is 12.8 Å². The van der Waals surface area contributed by atoms with Crippen LogP contribution in [0.4, 0.5) is 4.79 Å². The molecule has 128 valence electrons. The van der Waals surface area contributed by atoms with E-state index in [1.807, 2.05) is 67.6 Å². The van der Waals surface area contributed by atoms with Gasteiger partial charge in [0, 0.05) is 13.7 Å². The van der Waals surface area contributed by atoms with E-state index in [0.717, 1.165) is 11.1 Å². The van der Waals surface area contributed by atoms with Gasteiger partial charge >= 0.3 is 6.03 Å². The Morgan fingerprint density at radius 2 is 1.58 bits per heavy atom. The van der Waals surface area contributed by atoms with Crippen molar-refractivity contribution in [3.63, 3.8) is 0 Å². The molecule has 2 aromatic carbocycles. The van der Waals surface area contributed by atoms with Gasteiger partial charge in [-0.2, -0.15) is 0 Å². The second-order valence-electron chi connectivity index (χ2n) is 5.98. The van der Waals surface area contributed by atoms with E-state index in [2.05, 4.69) is 5.32 Å². The average molecular weight is 326 g/mol. The van der Waals surface area contributed by atoms with E-state index in [1.165, 1.54) is 0 Å². The number of amides is 2. The maximum atomic E-state index is 12.7. The zero-order valence-electron chi connectivity index (χ0n) is 14.4. The molecule has 24 heavy (non-hydrogen) atoms. The Morgan fingerprint density at radius 3 is 2.12 bits per heavy atom. The first-order valence-electron chi connectivity index (χ1n) is 8.37. The third kappa shape index (κ3) is 4.83. The number of carbonyl (C=O) groups excluding carboxylic acids is 1. The number of aliphatic hydroxyl groups excluding tert-OH is 1. The van der Waals surface area contributed by atoms with Crippen molar-refractivity contribution in [2.75, 3.05) is 13.7 Å². The lowest BCUT2D eigenvalue weighted by atomic mass is 10.0. The minimum absolute atomic E-state index is 0.0135. The van der Waals surface area contributed by atoms with Gasteiger partial charge in [0.2, 0.25) is 0 Å². The van der Waals surface area contributed by atoms with Gasteiger partial charge in [0.25, 0.3) is 0 Å². The fourth-order valence-corrected chi connectivity index (χ4v) is 2.68. The van der Waals surface area contributed by atoms with Crippen molar-refractivity contribution in [2.24, 2.45) is 0 Å². The molecule has 0 fully saturated rings. The topological polar surface area (TPSA) is 52.6 Å². The summed E-state index contributed by atoms with van der Waals surface area (Å²) in [5.41, 5.74) is 2.15. The number of urea groups is 1. The molecule has 0 heterocycles. The molecule has 2 unspecified atom stereocenters. The van der Waals surface area contributed by atoms with Crippen LogP contribution >= 0.6 is 0 Å². The van der Waals surface area contributed by atoms with Gasteiger partial charge in [-0.15, -0.1) is 0 Å². The molecule has 0 aromatic heterocycles. The van der Waals surface area contributed by atoms with E-state index in [4.69, 9.17) is 5.11 Å². The molecule has 4 heteroatoms. The molecule has 0 aliphatic carbocycles. The Bertz CT molecular complexity index is 616. The van der Waals surface area contributed by atoms with Gasteiger partial charge in [0.1, 0.15) is 0 Å². The Balaban J connectivity index is 2.06. The van der Waals surface area contributed by atoms with E-state index < -0.39 is 0 Å². The highest BCUT2D eigenvalue weighted by molar-refractivity contribution is 5.75. The van der Waals surface area contributed by atoms with Crippen molar-refractivity contribution < 1.29 is 9.90 Å². The van der Waals surface area contributed by atoms with Crippen LogP contribution in [0, 0.1) is 0 Å². The number of nitrogens with one attached hydrogen (secondary N) is 1. The Morgan fingerprint density at radius 1 is 1.04 bits per heavy atom. The van der Waals surface area contributed by atoms with Crippen molar-refractivity contribution in [2.45, 2.75) is 31.8 Å². The van der Waals surface area contributed by atoms with Crippen molar-refractivity contribution >= 4 is 6.03 Å². The Labute approximate surface area is 144 Å². The van der Waals surface area contributed by atoms with Crippen LogP contribution in [0.5, 0.6) is 0 Å². The van der Waals surface area contributed by atoms with Gasteiger partial charge in [-0.1, -0.05) is 60.7 Å². The predicted octanol–water partition coefficient (Wildman–Crippen LogP) is 3.90. The zero-order chi connectivity index (χ0) is 17.4. The van der Waals surface area contributed by atoms with Gasteiger partial charge in [0.15, 0.2) is 0 Å². The highest BCUT2D eigenvalue weighted by atomic mass is 16.3. The smallest absolute Gasteiger partial charge is 0.318 e. The van der Waals surface area contributed by atoms with E-state index >= 15 is 0 Å². The number of benzene rings is 2. The van der Waals surface area contributed by atoms with Crippen LogP contribution in [-0.2, 0) is 0 Å². The number of carbonyl (C=O) groups is 1. The maximum absolute atomic E-state index is 12.7. The summed E-state index contributed by atoms with van der Waals surface area (Å²) >= 11 is 0. The molecule has 0 aliphatic rings. The molecule has 2 aromatic rings. The first kappa shape index (κ1) is 18.0. The molecule has 0 saturated heterocycles. The maximum Gasteiger partial charge on any atom is 0.318 e. The van der Waals surface area contributed by atoms with Crippen LogP contribution in [0.25, 0.3) is 0 Å². The second kappa shape index (κ2) is 9.08. The normalized spacial score (nSPS) is 13.1. The summed E-state index contributed by atoms with van der Waals surface area (Å²) in [5.74, 6) is 0. The summed E-state index contributed by atoms with van der Waals surface area (Å²) in [4.78, 5) is 14.4. The number of rotatable bonds is 7. The lowest BCUT2D eigenvalue weighted by Gasteiger charge is -2.28. The van der Waals surface area contributed by atoms with Crippen LogP contribution in [0.15, 0.2) is 60.7 Å². The van der Waals surface area contributed by atoms with Crippen LogP contribution < -0.4 is 5.32 Å². The first-order valence-corrected chi connectivity index (χ1v) is 8.37. The van der Waals surface area contributed by atoms with Gasteiger partial charge in [-0.05, 0) is 30.9 Å². The third-order valence-corrected chi connectivity index (χ3v) is 4.33.